The lowest BCUT2D eigenvalue weighted by atomic mass is 10.2. The molecule has 0 saturated carbocycles. The Morgan fingerprint density at radius 3 is 2.29 bits per heavy atom. The van der Waals surface area contributed by atoms with Crippen LogP contribution < -0.4 is 16.4 Å². The van der Waals surface area contributed by atoms with Crippen LogP contribution in [0.2, 0.25) is 5.02 Å². The second kappa shape index (κ2) is 8.58. The summed E-state index contributed by atoms with van der Waals surface area (Å²) >= 11 is 6.16. The van der Waals surface area contributed by atoms with Crippen molar-refractivity contribution in [2.45, 2.75) is 13.8 Å². The Balaban J connectivity index is 1.77. The molecule has 1 aromatic heterocycles. The molecule has 1 heterocycles. The van der Waals surface area contributed by atoms with Gasteiger partial charge in [0, 0.05) is 16.4 Å². The van der Waals surface area contributed by atoms with Gasteiger partial charge in [-0.05, 0) is 55.8 Å². The first-order chi connectivity index (χ1) is 13.5. The summed E-state index contributed by atoms with van der Waals surface area (Å²) in [5.41, 5.74) is 9.51. The lowest BCUT2D eigenvalue weighted by Crippen LogP contribution is -2.06. The lowest BCUT2D eigenvalue weighted by Gasteiger charge is -2.13. The maximum absolute atomic E-state index is 11.7. The molecule has 0 radical (unpaired) electrons. The van der Waals surface area contributed by atoms with Crippen molar-refractivity contribution in [3.63, 3.8) is 0 Å². The van der Waals surface area contributed by atoms with E-state index in [2.05, 4.69) is 20.6 Å². The second-order valence-electron chi connectivity index (χ2n) is 6.00. The predicted octanol–water partition coefficient (Wildman–Crippen LogP) is 4.68. The third kappa shape index (κ3) is 4.50. The van der Waals surface area contributed by atoms with Gasteiger partial charge in [0.1, 0.15) is 12.0 Å². The Kier molecular flexibility index (Phi) is 5.96. The van der Waals surface area contributed by atoms with E-state index in [1.807, 2.05) is 19.1 Å². The molecule has 3 aromatic rings. The standard InChI is InChI=1S/C20H20ClN5O2/c1-3-28-20(27)13-5-8-14(9-6-13)25-18-17(22)19(24-11-23-18)26-15-7-4-12(2)16(21)10-15/h4-11H,3,22H2,1-2H3,(H2,23,24,25,26). The van der Waals surface area contributed by atoms with Gasteiger partial charge in [-0.1, -0.05) is 17.7 Å². The maximum atomic E-state index is 11.7. The van der Waals surface area contributed by atoms with Crippen LogP contribution >= 0.6 is 11.6 Å². The Morgan fingerprint density at radius 2 is 1.68 bits per heavy atom. The van der Waals surface area contributed by atoms with E-state index in [1.54, 1.807) is 37.3 Å². The molecule has 7 nitrogen and oxygen atoms in total. The number of nitrogen functional groups attached to an aromatic ring is 1. The van der Waals surface area contributed by atoms with Gasteiger partial charge in [-0.15, -0.1) is 0 Å². The van der Waals surface area contributed by atoms with Crippen molar-refractivity contribution in [3.8, 4) is 0 Å². The van der Waals surface area contributed by atoms with Crippen LogP contribution in [0.25, 0.3) is 0 Å². The SMILES string of the molecule is CCOC(=O)c1ccc(Nc2ncnc(Nc3ccc(C)c(Cl)c3)c2N)cc1. The molecule has 8 heteroatoms. The highest BCUT2D eigenvalue weighted by Crippen LogP contribution is 2.29. The molecule has 0 spiro atoms. The number of nitrogens with zero attached hydrogens (tertiary/aromatic N) is 2. The Hall–Kier alpha value is -3.32. The fourth-order valence-corrected chi connectivity index (χ4v) is 2.62. The summed E-state index contributed by atoms with van der Waals surface area (Å²) in [6, 6.07) is 12.5. The first kappa shape index (κ1) is 19.4. The summed E-state index contributed by atoms with van der Waals surface area (Å²) in [4.78, 5) is 20.1. The van der Waals surface area contributed by atoms with E-state index in [9.17, 15) is 4.79 Å². The highest BCUT2D eigenvalue weighted by Gasteiger charge is 2.11. The molecule has 0 atom stereocenters. The average molecular weight is 398 g/mol. The van der Waals surface area contributed by atoms with E-state index >= 15 is 0 Å². The van der Waals surface area contributed by atoms with E-state index < -0.39 is 0 Å². The monoisotopic (exact) mass is 397 g/mol. The molecule has 0 saturated heterocycles. The fourth-order valence-electron chi connectivity index (χ4n) is 2.44. The van der Waals surface area contributed by atoms with Crippen molar-refractivity contribution in [2.24, 2.45) is 0 Å². The third-order valence-corrected chi connectivity index (χ3v) is 4.38. The predicted molar refractivity (Wildman–Crippen MR) is 112 cm³/mol. The summed E-state index contributed by atoms with van der Waals surface area (Å²) in [7, 11) is 0. The molecule has 28 heavy (non-hydrogen) atoms. The second-order valence-corrected chi connectivity index (χ2v) is 6.40. The number of anilines is 5. The molecule has 0 amide bonds. The van der Waals surface area contributed by atoms with Gasteiger partial charge in [-0.3, -0.25) is 0 Å². The van der Waals surface area contributed by atoms with Gasteiger partial charge in [0.15, 0.2) is 11.6 Å². The molecular formula is C20H20ClN5O2. The number of halogens is 1. The quantitative estimate of drug-likeness (QED) is 0.518. The van der Waals surface area contributed by atoms with Crippen molar-refractivity contribution in [1.82, 2.24) is 9.97 Å². The van der Waals surface area contributed by atoms with Gasteiger partial charge >= 0.3 is 5.97 Å². The molecule has 0 aliphatic carbocycles. The number of hydrogen-bond acceptors (Lipinski definition) is 7. The first-order valence-corrected chi connectivity index (χ1v) is 9.03. The number of aromatic nitrogens is 2. The highest BCUT2D eigenvalue weighted by atomic mass is 35.5. The number of ether oxygens (including phenoxy) is 1. The van der Waals surface area contributed by atoms with Gasteiger partial charge in [-0.2, -0.15) is 0 Å². The van der Waals surface area contributed by atoms with E-state index in [0.29, 0.717) is 34.5 Å². The van der Waals surface area contributed by atoms with Crippen LogP contribution in [0.4, 0.5) is 28.7 Å². The molecule has 0 aliphatic rings. The lowest BCUT2D eigenvalue weighted by molar-refractivity contribution is 0.0526. The molecule has 144 valence electrons. The van der Waals surface area contributed by atoms with Crippen molar-refractivity contribution in [3.05, 3.63) is 64.9 Å². The third-order valence-electron chi connectivity index (χ3n) is 3.98. The van der Waals surface area contributed by atoms with E-state index in [-0.39, 0.29) is 5.97 Å². The summed E-state index contributed by atoms with van der Waals surface area (Å²) in [6.45, 7) is 4.03. The number of carbonyl (C=O) groups excluding carboxylic acids is 1. The zero-order valence-electron chi connectivity index (χ0n) is 15.5. The molecular weight excluding hydrogens is 378 g/mol. The zero-order valence-corrected chi connectivity index (χ0v) is 16.2. The maximum Gasteiger partial charge on any atom is 0.338 e. The van der Waals surface area contributed by atoms with Crippen LogP contribution in [0.5, 0.6) is 0 Å². The van der Waals surface area contributed by atoms with Crippen molar-refractivity contribution < 1.29 is 9.53 Å². The van der Waals surface area contributed by atoms with Crippen molar-refractivity contribution in [1.29, 1.82) is 0 Å². The number of nitrogens with two attached hydrogens (primary N) is 1. The molecule has 4 N–H and O–H groups in total. The number of hydrogen-bond donors (Lipinski definition) is 3. The molecule has 0 aliphatic heterocycles. The topological polar surface area (TPSA) is 102 Å². The van der Waals surface area contributed by atoms with Crippen molar-refractivity contribution in [2.75, 3.05) is 23.0 Å². The number of rotatable bonds is 6. The number of nitrogens with one attached hydrogen (secondary N) is 2. The number of carbonyl (C=O) groups is 1. The van der Waals surface area contributed by atoms with Gasteiger partial charge in [0.2, 0.25) is 0 Å². The van der Waals surface area contributed by atoms with Crippen LogP contribution in [0, 0.1) is 6.92 Å². The number of benzene rings is 2. The van der Waals surface area contributed by atoms with Crippen molar-refractivity contribution >= 4 is 46.3 Å². The zero-order chi connectivity index (χ0) is 20.1. The summed E-state index contributed by atoms with van der Waals surface area (Å²) in [5, 5.41) is 6.92. The Bertz CT molecular complexity index is 992. The van der Waals surface area contributed by atoms with Gasteiger partial charge in [0.25, 0.3) is 0 Å². The normalized spacial score (nSPS) is 10.4. The molecule has 0 fully saturated rings. The van der Waals surface area contributed by atoms with Crippen LogP contribution in [0.1, 0.15) is 22.8 Å². The average Bonchev–Trinajstić information content (AvgIpc) is 2.68. The number of aryl methyl sites for hydroxylation is 1. The first-order valence-electron chi connectivity index (χ1n) is 8.65. The van der Waals surface area contributed by atoms with Crippen LogP contribution in [-0.2, 0) is 4.74 Å². The van der Waals surface area contributed by atoms with Crippen LogP contribution in [0.3, 0.4) is 0 Å². The summed E-state index contributed by atoms with van der Waals surface area (Å²) < 4.78 is 4.98. The summed E-state index contributed by atoms with van der Waals surface area (Å²) in [6.07, 6.45) is 1.41. The van der Waals surface area contributed by atoms with E-state index in [0.717, 1.165) is 16.9 Å². The summed E-state index contributed by atoms with van der Waals surface area (Å²) in [5.74, 6) is 0.541. The van der Waals surface area contributed by atoms with Crippen LogP contribution in [0.15, 0.2) is 48.8 Å². The minimum Gasteiger partial charge on any atom is -0.462 e. The van der Waals surface area contributed by atoms with Gasteiger partial charge < -0.3 is 21.1 Å². The molecule has 3 rings (SSSR count). The fraction of sp³-hybridized carbons (Fsp3) is 0.150. The minimum atomic E-state index is -0.362. The highest BCUT2D eigenvalue weighted by molar-refractivity contribution is 6.31. The molecule has 2 aromatic carbocycles. The molecule has 0 unspecified atom stereocenters. The van der Waals surface area contributed by atoms with Crippen LogP contribution in [-0.4, -0.2) is 22.5 Å². The number of esters is 1. The van der Waals surface area contributed by atoms with Gasteiger partial charge in [-0.25, -0.2) is 14.8 Å². The molecule has 0 bridgehead atoms. The van der Waals surface area contributed by atoms with E-state index in [1.165, 1.54) is 6.33 Å². The Labute approximate surface area is 167 Å². The Morgan fingerprint density at radius 1 is 1.07 bits per heavy atom. The van der Waals surface area contributed by atoms with Gasteiger partial charge in [0.05, 0.1) is 12.2 Å². The smallest absolute Gasteiger partial charge is 0.338 e. The minimum absolute atomic E-state index is 0.332. The largest absolute Gasteiger partial charge is 0.462 e. The van der Waals surface area contributed by atoms with E-state index in [4.69, 9.17) is 22.1 Å².